The minimum absolute atomic E-state index is 0.0521. The van der Waals surface area contributed by atoms with Crippen molar-refractivity contribution in [3.05, 3.63) is 88.6 Å². The summed E-state index contributed by atoms with van der Waals surface area (Å²) in [6.45, 7) is 0.438. The van der Waals surface area contributed by atoms with Crippen molar-refractivity contribution in [2.75, 3.05) is 12.3 Å². The molecule has 1 saturated heterocycles. The van der Waals surface area contributed by atoms with Crippen LogP contribution in [0.5, 0.6) is 0 Å². The standard InChI is InChI=1S/C25H25ClN2O4S/c26-20-11-4-10-19(17-20)24-21(25(29)30)13-14-22(27-24)23-12-5-15-28(23)33(31,32)16-6-9-18-7-2-1-3-8-18/h1-4,7-8,10-11,13-14,17,23H,5-6,9,12,15-16H2,(H,29,30)/t23-/m0/s1. The van der Waals surface area contributed by atoms with Crippen molar-refractivity contribution in [2.45, 2.75) is 31.7 Å². The number of carboxylic acids is 1. The molecule has 1 atom stereocenters. The van der Waals surface area contributed by atoms with Gasteiger partial charge >= 0.3 is 5.97 Å². The monoisotopic (exact) mass is 484 g/mol. The molecule has 2 aromatic carbocycles. The molecule has 0 amide bonds. The highest BCUT2D eigenvalue weighted by Crippen LogP contribution is 2.35. The Morgan fingerprint density at radius 2 is 1.88 bits per heavy atom. The first-order valence-corrected chi connectivity index (χ1v) is 12.9. The van der Waals surface area contributed by atoms with E-state index in [-0.39, 0.29) is 17.0 Å². The van der Waals surface area contributed by atoms with Crippen LogP contribution in [0, 0.1) is 0 Å². The summed E-state index contributed by atoms with van der Waals surface area (Å²) in [5.41, 5.74) is 2.59. The number of hydrogen-bond acceptors (Lipinski definition) is 4. The molecule has 8 heteroatoms. The summed E-state index contributed by atoms with van der Waals surface area (Å²) in [5, 5.41) is 10.1. The number of rotatable bonds is 8. The molecule has 1 fully saturated rings. The molecule has 2 heterocycles. The number of hydrogen-bond donors (Lipinski definition) is 1. The van der Waals surface area contributed by atoms with Crippen molar-refractivity contribution in [3.8, 4) is 11.3 Å². The SMILES string of the molecule is O=C(O)c1ccc([C@@H]2CCCN2S(=O)(=O)CCCc2ccccc2)nc1-c1cccc(Cl)c1. The first-order valence-electron chi connectivity index (χ1n) is 10.9. The van der Waals surface area contributed by atoms with Gasteiger partial charge < -0.3 is 5.11 Å². The number of pyridine rings is 1. The first kappa shape index (κ1) is 23.4. The number of halogens is 1. The molecule has 0 unspecified atom stereocenters. The molecule has 4 rings (SSSR count). The zero-order valence-corrected chi connectivity index (χ0v) is 19.6. The van der Waals surface area contributed by atoms with E-state index < -0.39 is 22.0 Å². The van der Waals surface area contributed by atoms with Crippen molar-refractivity contribution < 1.29 is 18.3 Å². The highest BCUT2D eigenvalue weighted by molar-refractivity contribution is 7.89. The molecular weight excluding hydrogens is 460 g/mol. The van der Waals surface area contributed by atoms with Crippen LogP contribution in [0.4, 0.5) is 0 Å². The Morgan fingerprint density at radius 3 is 2.61 bits per heavy atom. The van der Waals surface area contributed by atoms with Crippen LogP contribution in [0.25, 0.3) is 11.3 Å². The van der Waals surface area contributed by atoms with Gasteiger partial charge in [0, 0.05) is 17.1 Å². The summed E-state index contributed by atoms with van der Waals surface area (Å²) >= 11 is 6.11. The van der Waals surface area contributed by atoms with Gasteiger partial charge in [-0.1, -0.05) is 54.1 Å². The van der Waals surface area contributed by atoms with Crippen LogP contribution in [0.15, 0.2) is 66.7 Å². The number of sulfonamides is 1. The predicted octanol–water partition coefficient (Wildman–Crippen LogP) is 5.20. The maximum atomic E-state index is 13.2. The third-order valence-electron chi connectivity index (χ3n) is 5.86. The minimum Gasteiger partial charge on any atom is -0.478 e. The fourth-order valence-electron chi connectivity index (χ4n) is 4.28. The molecule has 0 aliphatic carbocycles. The zero-order valence-electron chi connectivity index (χ0n) is 18.0. The van der Waals surface area contributed by atoms with E-state index in [9.17, 15) is 18.3 Å². The number of carboxylic acid groups (broad SMARTS) is 1. The topological polar surface area (TPSA) is 87.6 Å². The van der Waals surface area contributed by atoms with Crippen LogP contribution in [-0.4, -0.2) is 41.1 Å². The van der Waals surface area contributed by atoms with Crippen LogP contribution in [-0.2, 0) is 16.4 Å². The average Bonchev–Trinajstić information content (AvgIpc) is 3.30. The summed E-state index contributed by atoms with van der Waals surface area (Å²) < 4.78 is 27.9. The summed E-state index contributed by atoms with van der Waals surface area (Å²) in [6.07, 6.45) is 2.61. The molecule has 0 radical (unpaired) electrons. The lowest BCUT2D eigenvalue weighted by Crippen LogP contribution is -2.33. The van der Waals surface area contributed by atoms with Gasteiger partial charge in [0.15, 0.2) is 0 Å². The van der Waals surface area contributed by atoms with E-state index in [0.717, 1.165) is 12.0 Å². The first-order chi connectivity index (χ1) is 15.8. The highest BCUT2D eigenvalue weighted by Gasteiger charge is 2.36. The zero-order chi connectivity index (χ0) is 23.4. The van der Waals surface area contributed by atoms with Gasteiger partial charge in [-0.25, -0.2) is 13.2 Å². The van der Waals surface area contributed by atoms with E-state index in [4.69, 9.17) is 11.6 Å². The lowest BCUT2D eigenvalue weighted by molar-refractivity contribution is 0.0697. The van der Waals surface area contributed by atoms with Crippen molar-refractivity contribution in [3.63, 3.8) is 0 Å². The van der Waals surface area contributed by atoms with Gasteiger partial charge in [0.25, 0.3) is 0 Å². The molecule has 0 saturated carbocycles. The number of nitrogens with zero attached hydrogens (tertiary/aromatic N) is 2. The van der Waals surface area contributed by atoms with Gasteiger partial charge in [0.1, 0.15) is 0 Å². The second kappa shape index (κ2) is 10.0. The van der Waals surface area contributed by atoms with E-state index >= 15 is 0 Å². The molecule has 0 bridgehead atoms. The van der Waals surface area contributed by atoms with Gasteiger partial charge in [-0.3, -0.25) is 4.98 Å². The number of benzene rings is 2. The van der Waals surface area contributed by atoms with Gasteiger partial charge in [0.05, 0.1) is 28.7 Å². The molecule has 3 aromatic rings. The van der Waals surface area contributed by atoms with Crippen molar-refractivity contribution in [1.29, 1.82) is 0 Å². The quantitative estimate of drug-likeness (QED) is 0.474. The molecular formula is C25H25ClN2O4S. The molecule has 6 nitrogen and oxygen atoms in total. The van der Waals surface area contributed by atoms with Gasteiger partial charge in [-0.15, -0.1) is 0 Å². The minimum atomic E-state index is -3.48. The predicted molar refractivity (Wildman–Crippen MR) is 129 cm³/mol. The second-order valence-electron chi connectivity index (χ2n) is 8.12. The van der Waals surface area contributed by atoms with Gasteiger partial charge in [0.2, 0.25) is 10.0 Å². The summed E-state index contributed by atoms with van der Waals surface area (Å²) in [4.78, 5) is 16.4. The molecule has 1 aromatic heterocycles. The Kier molecular flexibility index (Phi) is 7.12. The number of aromatic carboxylic acids is 1. The Hall–Kier alpha value is -2.74. The maximum Gasteiger partial charge on any atom is 0.337 e. The molecule has 1 aliphatic heterocycles. The van der Waals surface area contributed by atoms with Crippen LogP contribution in [0.2, 0.25) is 5.02 Å². The van der Waals surface area contributed by atoms with Crippen LogP contribution >= 0.6 is 11.6 Å². The largest absolute Gasteiger partial charge is 0.478 e. The fourth-order valence-corrected chi connectivity index (χ4v) is 6.22. The smallest absolute Gasteiger partial charge is 0.337 e. The van der Waals surface area contributed by atoms with E-state index in [1.54, 1.807) is 30.3 Å². The maximum absolute atomic E-state index is 13.2. The van der Waals surface area contributed by atoms with Crippen LogP contribution in [0.3, 0.4) is 0 Å². The molecule has 1 N–H and O–H groups in total. The second-order valence-corrected chi connectivity index (χ2v) is 10.6. The summed E-state index contributed by atoms with van der Waals surface area (Å²) in [7, 11) is -3.48. The highest BCUT2D eigenvalue weighted by atomic mass is 35.5. The fraction of sp³-hybridized carbons (Fsp3) is 0.280. The van der Waals surface area contributed by atoms with E-state index in [1.165, 1.54) is 10.4 Å². The lowest BCUT2D eigenvalue weighted by atomic mass is 10.0. The third kappa shape index (κ3) is 5.43. The Balaban J connectivity index is 1.58. The Labute approximate surface area is 198 Å². The molecule has 33 heavy (non-hydrogen) atoms. The molecule has 0 spiro atoms. The van der Waals surface area contributed by atoms with E-state index in [0.29, 0.717) is 42.1 Å². The summed E-state index contributed by atoms with van der Waals surface area (Å²) in [6, 6.07) is 19.4. The average molecular weight is 485 g/mol. The van der Waals surface area contributed by atoms with Crippen molar-refractivity contribution in [1.82, 2.24) is 9.29 Å². The van der Waals surface area contributed by atoms with Crippen molar-refractivity contribution >= 4 is 27.6 Å². The number of carbonyl (C=O) groups is 1. The van der Waals surface area contributed by atoms with E-state index in [2.05, 4.69) is 4.98 Å². The normalized spacial score (nSPS) is 16.7. The van der Waals surface area contributed by atoms with Gasteiger partial charge in [-0.2, -0.15) is 4.31 Å². The number of aromatic nitrogens is 1. The Bertz CT molecular complexity index is 1250. The Morgan fingerprint density at radius 1 is 1.09 bits per heavy atom. The van der Waals surface area contributed by atoms with Crippen LogP contribution in [0.1, 0.15) is 46.9 Å². The van der Waals surface area contributed by atoms with Gasteiger partial charge in [-0.05, 0) is 55.5 Å². The van der Waals surface area contributed by atoms with Crippen LogP contribution < -0.4 is 0 Å². The lowest BCUT2D eigenvalue weighted by Gasteiger charge is -2.24. The van der Waals surface area contributed by atoms with Crippen molar-refractivity contribution in [2.24, 2.45) is 0 Å². The molecule has 1 aliphatic rings. The summed E-state index contributed by atoms with van der Waals surface area (Å²) in [5.74, 6) is -1.03. The van der Waals surface area contributed by atoms with E-state index in [1.807, 2.05) is 30.3 Å². The number of aryl methyl sites for hydroxylation is 1. The third-order valence-corrected chi connectivity index (χ3v) is 8.05. The molecule has 172 valence electrons.